The molecule has 4 rings (SSSR count). The van der Waals surface area contributed by atoms with Gasteiger partial charge in [-0.2, -0.15) is 9.78 Å². The highest BCUT2D eigenvalue weighted by Gasteiger charge is 2.25. The maximum atomic E-state index is 12.2. The van der Waals surface area contributed by atoms with E-state index in [4.69, 9.17) is 19.3 Å². The van der Waals surface area contributed by atoms with Gasteiger partial charge in [-0.25, -0.2) is 0 Å². The van der Waals surface area contributed by atoms with Gasteiger partial charge in [-0.05, 0) is 60.5 Å². The number of aryl methyl sites for hydroxylation is 1. The fourth-order valence-electron chi connectivity index (χ4n) is 3.86. The van der Waals surface area contributed by atoms with Crippen molar-refractivity contribution in [3.63, 3.8) is 0 Å². The second-order valence-corrected chi connectivity index (χ2v) is 8.11. The molecule has 0 fully saturated rings. The molecule has 8 nitrogen and oxygen atoms in total. The normalized spacial score (nSPS) is 10.7. The van der Waals surface area contributed by atoms with Crippen LogP contribution in [-0.2, 0) is 14.3 Å². The van der Waals surface area contributed by atoms with E-state index in [0.29, 0.717) is 22.8 Å². The number of aromatic nitrogens is 2. The maximum Gasteiger partial charge on any atom is 0.309 e. The first-order chi connectivity index (χ1) is 17.4. The van der Waals surface area contributed by atoms with E-state index in [9.17, 15) is 9.59 Å². The molecule has 0 bridgehead atoms. The van der Waals surface area contributed by atoms with Gasteiger partial charge < -0.3 is 19.5 Å². The highest BCUT2D eigenvalue weighted by atomic mass is 16.5. The Bertz CT molecular complexity index is 1380. The summed E-state index contributed by atoms with van der Waals surface area (Å²) in [6.45, 7) is 3.29. The van der Waals surface area contributed by atoms with Crippen LogP contribution in [0.3, 0.4) is 0 Å². The standard InChI is InChI=1S/C28H27N3O5/c1-18-7-5-6-8-24(18)31-28(36-19(2)32)26(27(30-31)21-11-15-23(35-4)16-12-21)20-9-13-22(14-10-20)29-25(33)17-34-3/h5-16H,17H2,1-4H3,(H,29,33). The molecule has 1 heterocycles. The molecule has 3 aromatic carbocycles. The van der Waals surface area contributed by atoms with Crippen molar-refractivity contribution < 1.29 is 23.8 Å². The maximum absolute atomic E-state index is 12.2. The van der Waals surface area contributed by atoms with Crippen LogP contribution in [0.5, 0.6) is 11.6 Å². The Kier molecular flexibility index (Phi) is 7.46. The molecule has 0 radical (unpaired) electrons. The Labute approximate surface area is 209 Å². The number of esters is 1. The van der Waals surface area contributed by atoms with Crippen molar-refractivity contribution in [2.45, 2.75) is 13.8 Å². The van der Waals surface area contributed by atoms with E-state index >= 15 is 0 Å². The topological polar surface area (TPSA) is 91.7 Å². The average Bonchev–Trinajstić information content (AvgIpc) is 3.23. The Morgan fingerprint density at radius 1 is 0.917 bits per heavy atom. The monoisotopic (exact) mass is 485 g/mol. The summed E-state index contributed by atoms with van der Waals surface area (Å²) >= 11 is 0. The van der Waals surface area contributed by atoms with Crippen molar-refractivity contribution >= 4 is 17.6 Å². The molecule has 0 unspecified atom stereocenters. The molecule has 0 aliphatic heterocycles. The van der Waals surface area contributed by atoms with Crippen molar-refractivity contribution in [2.75, 3.05) is 26.1 Å². The average molecular weight is 486 g/mol. The predicted molar refractivity (Wildman–Crippen MR) is 138 cm³/mol. The van der Waals surface area contributed by atoms with Crippen molar-refractivity contribution in [3.05, 3.63) is 78.4 Å². The van der Waals surface area contributed by atoms with Crippen LogP contribution in [0.25, 0.3) is 28.1 Å². The molecule has 0 aliphatic rings. The predicted octanol–water partition coefficient (Wildman–Crippen LogP) is 5.03. The van der Waals surface area contributed by atoms with Crippen LogP contribution in [-0.4, -0.2) is 42.5 Å². The summed E-state index contributed by atoms with van der Waals surface area (Å²) < 4.78 is 17.6. The number of carbonyl (C=O) groups excluding carboxylic acids is 2. The Morgan fingerprint density at radius 2 is 1.58 bits per heavy atom. The molecule has 184 valence electrons. The summed E-state index contributed by atoms with van der Waals surface area (Å²) in [5, 5.41) is 7.69. The van der Waals surface area contributed by atoms with Gasteiger partial charge in [0.1, 0.15) is 18.1 Å². The number of hydrogen-bond acceptors (Lipinski definition) is 6. The Hall–Kier alpha value is -4.43. The van der Waals surface area contributed by atoms with Crippen LogP contribution >= 0.6 is 0 Å². The van der Waals surface area contributed by atoms with Crippen molar-refractivity contribution in [1.29, 1.82) is 0 Å². The first kappa shape index (κ1) is 24.7. The van der Waals surface area contributed by atoms with Crippen LogP contribution in [0.15, 0.2) is 72.8 Å². The third kappa shape index (κ3) is 5.29. The number of benzene rings is 3. The van der Waals surface area contributed by atoms with Gasteiger partial charge in [0, 0.05) is 25.3 Å². The third-order valence-corrected chi connectivity index (χ3v) is 5.52. The van der Waals surface area contributed by atoms with E-state index in [0.717, 1.165) is 28.1 Å². The Morgan fingerprint density at radius 3 is 2.19 bits per heavy atom. The highest BCUT2D eigenvalue weighted by molar-refractivity contribution is 5.93. The molecule has 4 aromatic rings. The van der Waals surface area contributed by atoms with Crippen LogP contribution in [0.2, 0.25) is 0 Å². The first-order valence-corrected chi connectivity index (χ1v) is 11.3. The zero-order valence-electron chi connectivity index (χ0n) is 20.6. The minimum atomic E-state index is -0.462. The lowest BCUT2D eigenvalue weighted by molar-refractivity contribution is -0.132. The molecule has 0 atom stereocenters. The molecule has 0 aliphatic carbocycles. The number of amides is 1. The summed E-state index contributed by atoms with van der Waals surface area (Å²) in [5.74, 6) is 0.307. The SMILES string of the molecule is COCC(=O)Nc1ccc(-c2c(-c3ccc(OC)cc3)nn(-c3ccccc3C)c2OC(C)=O)cc1. The lowest BCUT2D eigenvalue weighted by atomic mass is 10.0. The van der Waals surface area contributed by atoms with Gasteiger partial charge in [-0.15, -0.1) is 0 Å². The fraction of sp³-hybridized carbons (Fsp3) is 0.179. The number of methoxy groups -OCH3 is 2. The van der Waals surface area contributed by atoms with Crippen LogP contribution < -0.4 is 14.8 Å². The molecule has 0 saturated heterocycles. The van der Waals surface area contributed by atoms with Gasteiger partial charge in [0.05, 0.1) is 18.4 Å². The number of rotatable bonds is 8. The summed E-state index contributed by atoms with van der Waals surface area (Å²) in [6, 6.07) is 22.5. The van der Waals surface area contributed by atoms with Crippen LogP contribution in [0, 0.1) is 6.92 Å². The molecule has 1 N–H and O–H groups in total. The molecule has 0 spiro atoms. The van der Waals surface area contributed by atoms with Crippen LogP contribution in [0.4, 0.5) is 5.69 Å². The summed E-state index contributed by atoms with van der Waals surface area (Å²) in [7, 11) is 3.07. The zero-order chi connectivity index (χ0) is 25.7. The lowest BCUT2D eigenvalue weighted by Gasteiger charge is -2.11. The molecule has 0 saturated carbocycles. The molecule has 8 heteroatoms. The number of carbonyl (C=O) groups is 2. The first-order valence-electron chi connectivity index (χ1n) is 11.3. The van der Waals surface area contributed by atoms with Gasteiger partial charge in [0.2, 0.25) is 11.8 Å². The summed E-state index contributed by atoms with van der Waals surface area (Å²) in [4.78, 5) is 24.1. The minimum absolute atomic E-state index is 0.0385. The lowest BCUT2D eigenvalue weighted by Crippen LogP contribution is -2.16. The molecule has 1 aromatic heterocycles. The molecule has 36 heavy (non-hydrogen) atoms. The Balaban J connectivity index is 1.91. The van der Waals surface area contributed by atoms with E-state index in [1.54, 1.807) is 23.9 Å². The van der Waals surface area contributed by atoms with Gasteiger partial charge in [-0.3, -0.25) is 9.59 Å². The van der Waals surface area contributed by atoms with E-state index in [-0.39, 0.29) is 12.5 Å². The third-order valence-electron chi connectivity index (χ3n) is 5.52. The number of anilines is 1. The fourth-order valence-corrected chi connectivity index (χ4v) is 3.86. The second-order valence-electron chi connectivity index (χ2n) is 8.11. The van der Waals surface area contributed by atoms with E-state index < -0.39 is 5.97 Å². The number of nitrogens with zero attached hydrogens (tertiary/aromatic N) is 2. The van der Waals surface area contributed by atoms with Crippen molar-refractivity contribution in [2.24, 2.45) is 0 Å². The van der Waals surface area contributed by atoms with Gasteiger partial charge in [0.25, 0.3) is 0 Å². The number of ether oxygens (including phenoxy) is 3. The number of hydrogen-bond donors (Lipinski definition) is 1. The summed E-state index contributed by atoms with van der Waals surface area (Å²) in [5.41, 5.74) is 5.25. The molecular weight excluding hydrogens is 458 g/mol. The summed E-state index contributed by atoms with van der Waals surface area (Å²) in [6.07, 6.45) is 0. The van der Waals surface area contributed by atoms with Crippen molar-refractivity contribution in [3.8, 4) is 39.7 Å². The number of nitrogens with one attached hydrogen (secondary N) is 1. The van der Waals surface area contributed by atoms with Crippen molar-refractivity contribution in [1.82, 2.24) is 9.78 Å². The highest BCUT2D eigenvalue weighted by Crippen LogP contribution is 2.41. The van der Waals surface area contributed by atoms with Crippen LogP contribution in [0.1, 0.15) is 12.5 Å². The molecular formula is C28H27N3O5. The number of para-hydroxylation sites is 1. The van der Waals surface area contributed by atoms with E-state index in [2.05, 4.69) is 5.32 Å². The smallest absolute Gasteiger partial charge is 0.309 e. The zero-order valence-corrected chi connectivity index (χ0v) is 20.6. The minimum Gasteiger partial charge on any atom is -0.497 e. The quantitative estimate of drug-likeness (QED) is 0.352. The van der Waals surface area contributed by atoms with Gasteiger partial charge >= 0.3 is 5.97 Å². The van der Waals surface area contributed by atoms with E-state index in [1.807, 2.05) is 67.6 Å². The van der Waals surface area contributed by atoms with Gasteiger partial charge in [-0.1, -0.05) is 30.3 Å². The van der Waals surface area contributed by atoms with E-state index in [1.165, 1.54) is 14.0 Å². The largest absolute Gasteiger partial charge is 0.497 e. The van der Waals surface area contributed by atoms with Gasteiger partial charge in [0.15, 0.2) is 0 Å². The molecule has 1 amide bonds. The second kappa shape index (κ2) is 10.9.